The van der Waals surface area contributed by atoms with E-state index in [1.807, 2.05) is 26.2 Å². The quantitative estimate of drug-likeness (QED) is 0.862. The second kappa shape index (κ2) is 5.45. The van der Waals surface area contributed by atoms with Crippen LogP contribution in [0.15, 0.2) is 12.3 Å². The lowest BCUT2D eigenvalue weighted by Gasteiger charge is -2.35. The summed E-state index contributed by atoms with van der Waals surface area (Å²) in [7, 11) is 2.03. The first-order chi connectivity index (χ1) is 8.20. The molecule has 2 unspecified atom stereocenters. The molecule has 1 fully saturated rings. The van der Waals surface area contributed by atoms with Gasteiger partial charge >= 0.3 is 0 Å². The Balaban J connectivity index is 2.07. The van der Waals surface area contributed by atoms with Crippen LogP contribution in [0.1, 0.15) is 25.5 Å². The molecule has 17 heavy (non-hydrogen) atoms. The Labute approximate surface area is 103 Å². The van der Waals surface area contributed by atoms with Gasteiger partial charge in [0.1, 0.15) is 0 Å². The molecule has 0 aromatic carbocycles. The van der Waals surface area contributed by atoms with Crippen LogP contribution < -0.4 is 10.2 Å². The molecule has 0 bridgehead atoms. The monoisotopic (exact) mass is 234 g/mol. The number of hydrogen-bond donors (Lipinski definition) is 1. The zero-order valence-corrected chi connectivity index (χ0v) is 11.0. The van der Waals surface area contributed by atoms with Gasteiger partial charge in [-0.2, -0.15) is 0 Å². The fourth-order valence-corrected chi connectivity index (χ4v) is 2.42. The maximum atomic E-state index is 4.51. The molecule has 2 heterocycles. The lowest BCUT2D eigenvalue weighted by atomic mass is 9.92. The average molecular weight is 234 g/mol. The lowest BCUT2D eigenvalue weighted by molar-refractivity contribution is 0.331. The minimum Gasteiger partial charge on any atom is -0.340 e. The van der Waals surface area contributed by atoms with Crippen molar-refractivity contribution in [2.24, 2.45) is 5.92 Å². The Morgan fingerprint density at radius 3 is 3.06 bits per heavy atom. The van der Waals surface area contributed by atoms with Crippen molar-refractivity contribution in [2.45, 2.75) is 32.7 Å². The molecule has 0 spiro atoms. The van der Waals surface area contributed by atoms with Gasteiger partial charge < -0.3 is 10.2 Å². The largest absolute Gasteiger partial charge is 0.340 e. The summed E-state index contributed by atoms with van der Waals surface area (Å²) in [5.41, 5.74) is 1.04. The smallest absolute Gasteiger partial charge is 0.225 e. The predicted molar refractivity (Wildman–Crippen MR) is 70.2 cm³/mol. The molecule has 4 nitrogen and oxygen atoms in total. The molecule has 2 atom stereocenters. The third kappa shape index (κ3) is 2.94. The van der Waals surface area contributed by atoms with Gasteiger partial charge in [-0.1, -0.05) is 0 Å². The average Bonchev–Trinajstić information content (AvgIpc) is 2.38. The fraction of sp³-hybridized carbons (Fsp3) is 0.692. The van der Waals surface area contributed by atoms with Crippen LogP contribution in [0.25, 0.3) is 0 Å². The number of nitrogens with zero attached hydrogens (tertiary/aromatic N) is 3. The number of anilines is 1. The highest BCUT2D eigenvalue weighted by Crippen LogP contribution is 2.22. The molecule has 2 rings (SSSR count). The summed E-state index contributed by atoms with van der Waals surface area (Å²) in [4.78, 5) is 11.2. The highest BCUT2D eigenvalue weighted by molar-refractivity contribution is 5.31. The van der Waals surface area contributed by atoms with E-state index in [4.69, 9.17) is 0 Å². The van der Waals surface area contributed by atoms with Crippen molar-refractivity contribution in [2.75, 3.05) is 25.0 Å². The first kappa shape index (κ1) is 12.3. The second-order valence-electron chi connectivity index (χ2n) is 4.92. The van der Waals surface area contributed by atoms with Gasteiger partial charge in [0, 0.05) is 31.0 Å². The zero-order chi connectivity index (χ0) is 12.3. The van der Waals surface area contributed by atoms with E-state index in [-0.39, 0.29) is 0 Å². The second-order valence-corrected chi connectivity index (χ2v) is 4.92. The molecule has 1 aromatic rings. The summed E-state index contributed by atoms with van der Waals surface area (Å²) in [6, 6.07) is 2.50. The summed E-state index contributed by atoms with van der Waals surface area (Å²) in [6.45, 7) is 6.41. The van der Waals surface area contributed by atoms with Gasteiger partial charge in [-0.05, 0) is 45.7 Å². The molecule has 0 amide bonds. The van der Waals surface area contributed by atoms with Gasteiger partial charge in [0.15, 0.2) is 0 Å². The van der Waals surface area contributed by atoms with E-state index in [1.54, 1.807) is 0 Å². The third-order valence-electron chi connectivity index (χ3n) is 3.69. The molecular weight excluding hydrogens is 212 g/mol. The van der Waals surface area contributed by atoms with Crippen molar-refractivity contribution in [1.82, 2.24) is 15.3 Å². The maximum absolute atomic E-state index is 4.51. The van der Waals surface area contributed by atoms with E-state index < -0.39 is 0 Å². The summed E-state index contributed by atoms with van der Waals surface area (Å²) in [5, 5.41) is 3.35. The molecule has 1 aromatic heterocycles. The Hall–Kier alpha value is -1.16. The van der Waals surface area contributed by atoms with Crippen LogP contribution in [-0.2, 0) is 0 Å². The van der Waals surface area contributed by atoms with Gasteiger partial charge in [-0.3, -0.25) is 0 Å². The molecular formula is C13H22N4. The van der Waals surface area contributed by atoms with E-state index in [2.05, 4.69) is 27.1 Å². The van der Waals surface area contributed by atoms with Gasteiger partial charge in [-0.25, -0.2) is 9.97 Å². The van der Waals surface area contributed by atoms with Crippen LogP contribution in [0.4, 0.5) is 5.95 Å². The van der Waals surface area contributed by atoms with Crippen molar-refractivity contribution < 1.29 is 0 Å². The van der Waals surface area contributed by atoms with Gasteiger partial charge in [0.05, 0.1) is 0 Å². The van der Waals surface area contributed by atoms with E-state index in [1.165, 1.54) is 12.8 Å². The van der Waals surface area contributed by atoms with Crippen molar-refractivity contribution in [3.05, 3.63) is 18.0 Å². The van der Waals surface area contributed by atoms with Crippen LogP contribution in [-0.4, -0.2) is 36.1 Å². The number of hydrogen-bond acceptors (Lipinski definition) is 4. The van der Waals surface area contributed by atoms with E-state index >= 15 is 0 Å². The number of nitrogens with one attached hydrogen (secondary N) is 1. The maximum Gasteiger partial charge on any atom is 0.225 e. The normalized spacial score (nSPS) is 22.5. The predicted octanol–water partition coefficient (Wildman–Crippen LogP) is 1.61. The summed E-state index contributed by atoms with van der Waals surface area (Å²) >= 11 is 0. The molecule has 1 aliphatic heterocycles. The van der Waals surface area contributed by atoms with Crippen LogP contribution in [0.5, 0.6) is 0 Å². The van der Waals surface area contributed by atoms with Crippen LogP contribution >= 0.6 is 0 Å². The van der Waals surface area contributed by atoms with Gasteiger partial charge in [0.25, 0.3) is 0 Å². The molecule has 0 saturated carbocycles. The van der Waals surface area contributed by atoms with E-state index in [9.17, 15) is 0 Å². The minimum absolute atomic E-state index is 0.558. The molecule has 1 aliphatic rings. The number of aromatic nitrogens is 2. The Morgan fingerprint density at radius 1 is 1.53 bits per heavy atom. The van der Waals surface area contributed by atoms with E-state index in [0.717, 1.165) is 24.7 Å². The highest BCUT2D eigenvalue weighted by atomic mass is 15.3. The first-order valence-electron chi connectivity index (χ1n) is 6.42. The molecule has 94 valence electrons. The Bertz CT molecular complexity index is 366. The fourth-order valence-electron chi connectivity index (χ4n) is 2.42. The van der Waals surface area contributed by atoms with Crippen LogP contribution in [0.3, 0.4) is 0 Å². The summed E-state index contributed by atoms with van der Waals surface area (Å²) in [5.74, 6) is 1.58. The first-order valence-corrected chi connectivity index (χ1v) is 6.42. The SMILES string of the molecule is CNC(C)C1CCCN(c2nccc(C)n2)C1. The minimum atomic E-state index is 0.558. The number of piperidine rings is 1. The standard InChI is InChI=1S/C13H22N4/c1-10-6-7-15-13(16-10)17-8-4-5-12(9-17)11(2)14-3/h6-7,11-12,14H,4-5,8-9H2,1-3H3. The molecule has 1 saturated heterocycles. The van der Waals surface area contributed by atoms with Crippen molar-refractivity contribution in [3.8, 4) is 0 Å². The van der Waals surface area contributed by atoms with Crippen molar-refractivity contribution in [1.29, 1.82) is 0 Å². The zero-order valence-electron chi connectivity index (χ0n) is 11.0. The van der Waals surface area contributed by atoms with E-state index in [0.29, 0.717) is 12.0 Å². The molecule has 0 aliphatic carbocycles. The molecule has 1 N–H and O–H groups in total. The topological polar surface area (TPSA) is 41.0 Å². The Kier molecular flexibility index (Phi) is 3.94. The number of aryl methyl sites for hydroxylation is 1. The van der Waals surface area contributed by atoms with Crippen molar-refractivity contribution in [3.63, 3.8) is 0 Å². The number of rotatable bonds is 3. The van der Waals surface area contributed by atoms with Gasteiger partial charge in [-0.15, -0.1) is 0 Å². The third-order valence-corrected chi connectivity index (χ3v) is 3.69. The summed E-state index contributed by atoms with van der Waals surface area (Å²) < 4.78 is 0. The molecule has 4 heteroatoms. The lowest BCUT2D eigenvalue weighted by Crippen LogP contribution is -2.44. The molecule has 0 radical (unpaired) electrons. The highest BCUT2D eigenvalue weighted by Gasteiger charge is 2.25. The van der Waals surface area contributed by atoms with Crippen LogP contribution in [0.2, 0.25) is 0 Å². The Morgan fingerprint density at radius 2 is 2.35 bits per heavy atom. The van der Waals surface area contributed by atoms with Crippen molar-refractivity contribution >= 4 is 5.95 Å². The van der Waals surface area contributed by atoms with Gasteiger partial charge in [0.2, 0.25) is 5.95 Å². The summed E-state index contributed by atoms with van der Waals surface area (Å²) in [6.07, 6.45) is 4.38. The van der Waals surface area contributed by atoms with Crippen LogP contribution in [0, 0.1) is 12.8 Å².